The molecule has 1 unspecified atom stereocenters. The molecule has 0 N–H and O–H groups in total. The molecule has 9 nitrogen and oxygen atoms in total. The van der Waals surface area contributed by atoms with E-state index in [1.807, 2.05) is 0 Å². The van der Waals surface area contributed by atoms with Crippen molar-refractivity contribution >= 4 is 29.7 Å². The number of esters is 4. The molecule has 1 aliphatic carbocycles. The molecule has 0 fully saturated rings. The standard InChI is InChI=1S/C27H26O9/c1-33-26(31)20(27(32)34-2)15-19-21(16-35-24(29)17-9-5-3-6-10-17)23(14-13-22(19)28)36-25(30)18-11-7-4-8-12-18/h3-14,19-21,23H,15-16H2,1-2H3/t19?,21-,23-/m0/s1. The predicted molar refractivity (Wildman–Crippen MR) is 126 cm³/mol. The highest BCUT2D eigenvalue weighted by Gasteiger charge is 2.43. The number of benzene rings is 2. The SMILES string of the molecule is COC(=O)C(CC1C(=O)C=C[C@H](OC(=O)c2ccccc2)[C@H]1COC(=O)c1ccccc1)C(=O)OC. The van der Waals surface area contributed by atoms with Crippen molar-refractivity contribution in [2.45, 2.75) is 12.5 Å². The van der Waals surface area contributed by atoms with Gasteiger partial charge >= 0.3 is 23.9 Å². The Morgan fingerprint density at radius 3 is 1.86 bits per heavy atom. The predicted octanol–water partition coefficient (Wildman–Crippen LogP) is 2.79. The maximum atomic E-state index is 12.9. The molecule has 0 saturated heterocycles. The minimum Gasteiger partial charge on any atom is -0.468 e. The van der Waals surface area contributed by atoms with Crippen LogP contribution in [0.1, 0.15) is 27.1 Å². The average molecular weight is 494 g/mol. The highest BCUT2D eigenvalue weighted by molar-refractivity contribution is 5.98. The number of rotatable bonds is 9. The topological polar surface area (TPSA) is 122 Å². The first kappa shape index (κ1) is 26.3. The molecule has 0 radical (unpaired) electrons. The summed E-state index contributed by atoms with van der Waals surface area (Å²) in [7, 11) is 2.23. The first-order valence-electron chi connectivity index (χ1n) is 11.2. The van der Waals surface area contributed by atoms with E-state index in [2.05, 4.69) is 0 Å². The van der Waals surface area contributed by atoms with Crippen molar-refractivity contribution in [1.82, 2.24) is 0 Å². The first-order valence-corrected chi connectivity index (χ1v) is 11.2. The molecular formula is C27H26O9. The molecule has 188 valence electrons. The molecule has 1 aliphatic rings. The summed E-state index contributed by atoms with van der Waals surface area (Å²) in [5.74, 6) is -6.71. The zero-order valence-corrected chi connectivity index (χ0v) is 19.8. The zero-order valence-electron chi connectivity index (χ0n) is 19.8. The maximum absolute atomic E-state index is 12.9. The quantitative estimate of drug-likeness (QED) is 0.294. The summed E-state index contributed by atoms with van der Waals surface area (Å²) in [6.07, 6.45) is 1.39. The summed E-state index contributed by atoms with van der Waals surface area (Å²) in [5, 5.41) is 0. The lowest BCUT2D eigenvalue weighted by Crippen LogP contribution is -2.43. The Kier molecular flexibility index (Phi) is 9.10. The lowest BCUT2D eigenvalue weighted by Gasteiger charge is -2.34. The van der Waals surface area contributed by atoms with Crippen molar-refractivity contribution in [3.8, 4) is 0 Å². The third kappa shape index (κ3) is 6.44. The Balaban J connectivity index is 1.88. The maximum Gasteiger partial charge on any atom is 0.338 e. The van der Waals surface area contributed by atoms with Crippen LogP contribution in [0.2, 0.25) is 0 Å². The third-order valence-corrected chi connectivity index (χ3v) is 5.88. The number of methoxy groups -OCH3 is 2. The molecule has 2 aromatic carbocycles. The van der Waals surface area contributed by atoms with Gasteiger partial charge in [-0.1, -0.05) is 36.4 Å². The third-order valence-electron chi connectivity index (χ3n) is 5.88. The van der Waals surface area contributed by atoms with Gasteiger partial charge in [-0.25, -0.2) is 9.59 Å². The summed E-state index contributed by atoms with van der Waals surface area (Å²) in [6, 6.07) is 16.5. The molecule has 3 atom stereocenters. The number of allylic oxidation sites excluding steroid dienone is 1. The van der Waals surface area contributed by atoms with E-state index in [1.54, 1.807) is 60.7 Å². The summed E-state index contributed by atoms with van der Waals surface area (Å²) in [4.78, 5) is 62.8. The fourth-order valence-corrected chi connectivity index (χ4v) is 3.95. The number of hydrogen-bond donors (Lipinski definition) is 0. The van der Waals surface area contributed by atoms with Gasteiger partial charge in [0.2, 0.25) is 0 Å². The van der Waals surface area contributed by atoms with Gasteiger partial charge in [-0.2, -0.15) is 0 Å². The molecular weight excluding hydrogens is 468 g/mol. The monoisotopic (exact) mass is 494 g/mol. The van der Waals surface area contributed by atoms with Gasteiger partial charge in [0, 0.05) is 11.8 Å². The highest BCUT2D eigenvalue weighted by Crippen LogP contribution is 2.33. The van der Waals surface area contributed by atoms with Gasteiger partial charge in [-0.15, -0.1) is 0 Å². The van der Waals surface area contributed by atoms with Crippen molar-refractivity contribution in [3.05, 3.63) is 83.9 Å². The molecule has 0 aliphatic heterocycles. The van der Waals surface area contributed by atoms with Gasteiger partial charge in [0.15, 0.2) is 11.7 Å². The van der Waals surface area contributed by atoms with E-state index in [0.717, 1.165) is 14.2 Å². The van der Waals surface area contributed by atoms with Gasteiger partial charge in [0.25, 0.3) is 0 Å². The van der Waals surface area contributed by atoms with E-state index < -0.39 is 53.5 Å². The number of hydrogen-bond acceptors (Lipinski definition) is 9. The molecule has 0 aromatic heterocycles. The Hall–Kier alpha value is -4.27. The van der Waals surface area contributed by atoms with Crippen molar-refractivity contribution in [2.24, 2.45) is 17.8 Å². The number of ketones is 1. The van der Waals surface area contributed by atoms with Gasteiger partial charge in [-0.05, 0) is 42.8 Å². The Morgan fingerprint density at radius 2 is 1.33 bits per heavy atom. The average Bonchev–Trinajstić information content (AvgIpc) is 2.92. The summed E-state index contributed by atoms with van der Waals surface area (Å²) in [6.45, 7) is -0.309. The summed E-state index contributed by atoms with van der Waals surface area (Å²) in [5.41, 5.74) is 0.591. The van der Waals surface area contributed by atoms with Crippen molar-refractivity contribution in [3.63, 3.8) is 0 Å². The van der Waals surface area contributed by atoms with Gasteiger partial charge in [-0.3, -0.25) is 14.4 Å². The van der Waals surface area contributed by atoms with Crippen LogP contribution < -0.4 is 0 Å². The summed E-state index contributed by atoms with van der Waals surface area (Å²) >= 11 is 0. The smallest absolute Gasteiger partial charge is 0.338 e. The van der Waals surface area contributed by atoms with Crippen LogP contribution in [0.5, 0.6) is 0 Å². The van der Waals surface area contributed by atoms with Gasteiger partial charge in [0.1, 0.15) is 6.10 Å². The largest absolute Gasteiger partial charge is 0.468 e. The van der Waals surface area contributed by atoms with Gasteiger partial charge in [0.05, 0.1) is 32.0 Å². The second kappa shape index (κ2) is 12.4. The zero-order chi connectivity index (χ0) is 26.1. The van der Waals surface area contributed by atoms with Crippen molar-refractivity contribution in [2.75, 3.05) is 20.8 Å². The molecule has 0 amide bonds. The van der Waals surface area contributed by atoms with Crippen LogP contribution in [0, 0.1) is 17.8 Å². The lowest BCUT2D eigenvalue weighted by molar-refractivity contribution is -0.160. The Morgan fingerprint density at radius 1 is 0.806 bits per heavy atom. The Labute approximate surface area is 208 Å². The molecule has 2 aromatic rings. The molecule has 9 heteroatoms. The fraction of sp³-hybridized carbons (Fsp3) is 0.296. The number of carbonyl (C=O) groups excluding carboxylic acids is 5. The van der Waals surface area contributed by atoms with Crippen LogP contribution in [0.3, 0.4) is 0 Å². The van der Waals surface area contributed by atoms with E-state index >= 15 is 0 Å². The summed E-state index contributed by atoms with van der Waals surface area (Å²) < 4.78 is 20.6. The Bertz CT molecular complexity index is 1110. The number of carbonyl (C=O) groups is 5. The van der Waals surface area contributed by atoms with Crippen molar-refractivity contribution < 1.29 is 42.9 Å². The molecule has 3 rings (SSSR count). The molecule has 36 heavy (non-hydrogen) atoms. The normalized spacial score (nSPS) is 18.9. The first-order chi connectivity index (χ1) is 17.3. The van der Waals surface area contributed by atoms with Crippen LogP contribution in [0.4, 0.5) is 0 Å². The molecule has 0 saturated carbocycles. The van der Waals surface area contributed by atoms with E-state index in [1.165, 1.54) is 12.2 Å². The molecule has 0 bridgehead atoms. The minimum atomic E-state index is -1.39. The molecule has 0 spiro atoms. The van der Waals surface area contributed by atoms with Crippen LogP contribution >= 0.6 is 0 Å². The highest BCUT2D eigenvalue weighted by atomic mass is 16.6. The minimum absolute atomic E-state index is 0.282. The van der Waals surface area contributed by atoms with Gasteiger partial charge < -0.3 is 18.9 Å². The van der Waals surface area contributed by atoms with E-state index in [4.69, 9.17) is 18.9 Å². The van der Waals surface area contributed by atoms with Crippen LogP contribution in [-0.2, 0) is 33.3 Å². The second-order valence-corrected chi connectivity index (χ2v) is 8.07. The van der Waals surface area contributed by atoms with Crippen LogP contribution in [0.25, 0.3) is 0 Å². The number of ether oxygens (including phenoxy) is 4. The van der Waals surface area contributed by atoms with E-state index in [9.17, 15) is 24.0 Å². The van der Waals surface area contributed by atoms with Crippen molar-refractivity contribution in [1.29, 1.82) is 0 Å². The fourth-order valence-electron chi connectivity index (χ4n) is 3.95. The van der Waals surface area contributed by atoms with E-state index in [0.29, 0.717) is 11.1 Å². The second-order valence-electron chi connectivity index (χ2n) is 8.07. The van der Waals surface area contributed by atoms with E-state index in [-0.39, 0.29) is 13.0 Å². The van der Waals surface area contributed by atoms with Crippen LogP contribution in [-0.4, -0.2) is 56.6 Å². The lowest BCUT2D eigenvalue weighted by atomic mass is 9.75. The van der Waals surface area contributed by atoms with Crippen LogP contribution in [0.15, 0.2) is 72.8 Å². The molecule has 0 heterocycles.